The van der Waals surface area contributed by atoms with E-state index < -0.39 is 0 Å². The molecule has 7 heteroatoms. The van der Waals surface area contributed by atoms with Crippen LogP contribution < -0.4 is 4.90 Å². The summed E-state index contributed by atoms with van der Waals surface area (Å²) >= 11 is 1.56. The third-order valence-electron chi connectivity index (χ3n) is 4.40. The fourth-order valence-electron chi connectivity index (χ4n) is 2.89. The van der Waals surface area contributed by atoms with Crippen LogP contribution in [0.15, 0.2) is 35.2 Å². The number of hydrogen-bond donors (Lipinski definition) is 1. The summed E-state index contributed by atoms with van der Waals surface area (Å²) in [4.78, 5) is 16.5. The molecule has 1 N–H and O–H groups in total. The van der Waals surface area contributed by atoms with E-state index in [4.69, 9.17) is 5.41 Å². The normalized spacial score (nSPS) is 15.3. The van der Waals surface area contributed by atoms with Gasteiger partial charge in [-0.25, -0.2) is 0 Å². The van der Waals surface area contributed by atoms with Crippen LogP contribution in [0, 0.1) is 16.7 Å². The highest BCUT2D eigenvalue weighted by Gasteiger charge is 2.22. The molecule has 1 aliphatic heterocycles. The van der Waals surface area contributed by atoms with Gasteiger partial charge in [0.05, 0.1) is 17.0 Å². The standard InChI is InChI=1S/C19H25N4OPS/c1-14(21)17(15(2)25)12-26-13-19(24)23-9-7-22(8-10-23)18-6-4-3-5-16(18)11-20/h3-6,21H,7-10,12-13,25H2,1-2H3/b17-15-,21-14?. The van der Waals surface area contributed by atoms with E-state index in [-0.39, 0.29) is 5.91 Å². The number of piperazine rings is 1. The lowest BCUT2D eigenvalue weighted by molar-refractivity contribution is -0.128. The second kappa shape index (κ2) is 9.75. The van der Waals surface area contributed by atoms with E-state index in [2.05, 4.69) is 20.2 Å². The zero-order valence-electron chi connectivity index (χ0n) is 15.3. The summed E-state index contributed by atoms with van der Waals surface area (Å²) in [6.07, 6.45) is 0. The summed E-state index contributed by atoms with van der Waals surface area (Å²) < 4.78 is 0. The summed E-state index contributed by atoms with van der Waals surface area (Å²) in [5, 5.41) is 18.1. The topological polar surface area (TPSA) is 71.2 Å². The molecule has 1 aliphatic rings. The van der Waals surface area contributed by atoms with Gasteiger partial charge in [0, 0.05) is 37.6 Å². The molecule has 0 radical (unpaired) electrons. The smallest absolute Gasteiger partial charge is 0.232 e. The van der Waals surface area contributed by atoms with E-state index in [9.17, 15) is 10.1 Å². The Balaban J connectivity index is 1.84. The summed E-state index contributed by atoms with van der Waals surface area (Å²) in [6, 6.07) is 9.83. The molecule has 138 valence electrons. The molecule has 0 saturated carbocycles. The van der Waals surface area contributed by atoms with Crippen molar-refractivity contribution in [2.45, 2.75) is 13.8 Å². The van der Waals surface area contributed by atoms with E-state index >= 15 is 0 Å². The Kier molecular flexibility index (Phi) is 7.68. The van der Waals surface area contributed by atoms with E-state index in [1.807, 2.05) is 36.1 Å². The molecule has 26 heavy (non-hydrogen) atoms. The van der Waals surface area contributed by atoms with E-state index in [1.54, 1.807) is 18.7 Å². The van der Waals surface area contributed by atoms with Crippen molar-refractivity contribution in [2.24, 2.45) is 0 Å². The largest absolute Gasteiger partial charge is 0.367 e. The van der Waals surface area contributed by atoms with Crippen LogP contribution in [-0.4, -0.2) is 54.2 Å². The molecule has 1 heterocycles. The number of nitriles is 1. The number of thioether (sulfide) groups is 1. The third-order valence-corrected chi connectivity index (χ3v) is 5.69. The van der Waals surface area contributed by atoms with Crippen LogP contribution in [0.5, 0.6) is 0 Å². The Morgan fingerprint density at radius 2 is 1.88 bits per heavy atom. The van der Waals surface area contributed by atoms with Crippen LogP contribution in [0.1, 0.15) is 19.4 Å². The maximum Gasteiger partial charge on any atom is 0.232 e. The third kappa shape index (κ3) is 5.33. The lowest BCUT2D eigenvalue weighted by Gasteiger charge is -2.36. The molecular formula is C19H25N4OPS. The number of carbonyl (C=O) groups is 1. The fraction of sp³-hybridized carbons (Fsp3) is 0.421. The summed E-state index contributed by atoms with van der Waals surface area (Å²) in [5.74, 6) is 1.27. The monoisotopic (exact) mass is 388 g/mol. The molecule has 5 nitrogen and oxygen atoms in total. The van der Waals surface area contributed by atoms with Crippen molar-refractivity contribution in [3.05, 3.63) is 40.7 Å². The number of nitrogens with one attached hydrogen (secondary N) is 1. The van der Waals surface area contributed by atoms with Gasteiger partial charge in [0.2, 0.25) is 5.91 Å². The molecule has 0 spiro atoms. The lowest BCUT2D eigenvalue weighted by atomic mass is 10.1. The Bertz CT molecular complexity index is 744. The van der Waals surface area contributed by atoms with E-state index in [0.29, 0.717) is 35.9 Å². The summed E-state index contributed by atoms with van der Waals surface area (Å²) in [7, 11) is 2.64. The van der Waals surface area contributed by atoms with Crippen LogP contribution >= 0.6 is 21.0 Å². The number of nitrogens with zero attached hydrogens (tertiary/aromatic N) is 3. The second-order valence-electron chi connectivity index (χ2n) is 6.28. The first-order valence-corrected chi connectivity index (χ1v) is 10.3. The first kappa shape index (κ1) is 20.5. The molecule has 0 aliphatic carbocycles. The highest BCUT2D eigenvalue weighted by Crippen LogP contribution is 2.22. The SMILES string of the molecule is CC(=N)/C(CSCC(=O)N1CCN(c2ccccc2C#N)CC1)=C(/C)P. The first-order valence-electron chi connectivity index (χ1n) is 8.54. The maximum atomic E-state index is 12.4. The van der Waals surface area contributed by atoms with Crippen LogP contribution in [0.25, 0.3) is 0 Å². The molecule has 1 aromatic rings. The van der Waals surface area contributed by atoms with E-state index in [0.717, 1.165) is 29.7 Å². The molecule has 1 atom stereocenters. The minimum absolute atomic E-state index is 0.145. The van der Waals surface area contributed by atoms with Gasteiger partial charge in [-0.05, 0) is 36.9 Å². The fourth-order valence-corrected chi connectivity index (χ4v) is 4.46. The molecule has 0 bridgehead atoms. The van der Waals surface area contributed by atoms with Gasteiger partial charge < -0.3 is 15.2 Å². The average Bonchev–Trinajstić information content (AvgIpc) is 2.64. The summed E-state index contributed by atoms with van der Waals surface area (Å²) in [6.45, 7) is 6.58. The van der Waals surface area contributed by atoms with Crippen molar-refractivity contribution in [1.82, 2.24) is 4.90 Å². The quantitative estimate of drug-likeness (QED) is 0.600. The number of anilines is 1. The molecule has 1 amide bonds. The predicted octanol–water partition coefficient (Wildman–Crippen LogP) is 3.13. The highest BCUT2D eigenvalue weighted by molar-refractivity contribution is 8.00. The number of benzene rings is 1. The van der Waals surface area contributed by atoms with Crippen LogP contribution in [0.4, 0.5) is 5.69 Å². The van der Waals surface area contributed by atoms with Gasteiger partial charge >= 0.3 is 0 Å². The number of amides is 1. The number of hydrogen-bond acceptors (Lipinski definition) is 5. The maximum absolute atomic E-state index is 12.4. The molecule has 2 rings (SSSR count). The van der Waals surface area contributed by atoms with Crippen molar-refractivity contribution in [1.29, 1.82) is 10.7 Å². The number of rotatable bonds is 6. The predicted molar refractivity (Wildman–Crippen MR) is 113 cm³/mol. The Morgan fingerprint density at radius 3 is 2.46 bits per heavy atom. The minimum Gasteiger partial charge on any atom is -0.367 e. The Morgan fingerprint density at radius 1 is 1.23 bits per heavy atom. The minimum atomic E-state index is 0.145. The first-order chi connectivity index (χ1) is 12.4. The van der Waals surface area contributed by atoms with Crippen LogP contribution in [0.2, 0.25) is 0 Å². The van der Waals surface area contributed by atoms with Crippen LogP contribution in [0.3, 0.4) is 0 Å². The van der Waals surface area contributed by atoms with Gasteiger partial charge in [-0.2, -0.15) is 5.26 Å². The zero-order valence-corrected chi connectivity index (χ0v) is 17.3. The Labute approximate surface area is 162 Å². The highest BCUT2D eigenvalue weighted by atomic mass is 32.2. The number of allylic oxidation sites excluding steroid dienone is 1. The van der Waals surface area contributed by atoms with Crippen LogP contribution in [-0.2, 0) is 4.79 Å². The van der Waals surface area contributed by atoms with Gasteiger partial charge in [-0.15, -0.1) is 21.0 Å². The van der Waals surface area contributed by atoms with Crippen molar-refractivity contribution >= 4 is 38.3 Å². The van der Waals surface area contributed by atoms with Gasteiger partial charge in [-0.3, -0.25) is 4.79 Å². The molecule has 1 saturated heterocycles. The number of carbonyl (C=O) groups excluding carboxylic acids is 1. The van der Waals surface area contributed by atoms with Gasteiger partial charge in [0.15, 0.2) is 0 Å². The molecular weight excluding hydrogens is 363 g/mol. The van der Waals surface area contributed by atoms with Gasteiger partial charge in [-0.1, -0.05) is 12.1 Å². The molecule has 0 aromatic heterocycles. The molecule has 1 aromatic carbocycles. The zero-order chi connectivity index (χ0) is 19.1. The molecule has 1 unspecified atom stereocenters. The van der Waals surface area contributed by atoms with Crippen molar-refractivity contribution < 1.29 is 4.79 Å². The van der Waals surface area contributed by atoms with E-state index in [1.165, 1.54) is 0 Å². The van der Waals surface area contributed by atoms with Crippen molar-refractivity contribution in [3.63, 3.8) is 0 Å². The average molecular weight is 388 g/mol. The summed E-state index contributed by atoms with van der Waals surface area (Å²) in [5.41, 5.74) is 3.17. The van der Waals surface area contributed by atoms with Crippen molar-refractivity contribution in [3.8, 4) is 6.07 Å². The van der Waals surface area contributed by atoms with Gasteiger partial charge in [0.1, 0.15) is 6.07 Å². The van der Waals surface area contributed by atoms with Crippen molar-refractivity contribution in [2.75, 3.05) is 42.6 Å². The number of para-hydroxylation sites is 1. The lowest BCUT2D eigenvalue weighted by Crippen LogP contribution is -2.49. The Hall–Kier alpha value is -1.83. The van der Waals surface area contributed by atoms with Gasteiger partial charge in [0.25, 0.3) is 0 Å². The molecule has 1 fully saturated rings. The second-order valence-corrected chi connectivity index (χ2v) is 8.13.